The maximum Gasteiger partial charge on any atom is 0.193 e. The second kappa shape index (κ2) is 5.80. The Morgan fingerprint density at radius 3 is 2.38 bits per heavy atom. The minimum Gasteiger partial charge on any atom is -0.497 e. The molecular weight excluding hydrogens is 260 g/mol. The van der Waals surface area contributed by atoms with Crippen molar-refractivity contribution in [3.63, 3.8) is 0 Å². The molecule has 0 aliphatic heterocycles. The molecule has 2 nitrogen and oxygen atoms in total. The third kappa shape index (κ3) is 2.65. The van der Waals surface area contributed by atoms with Crippen LogP contribution >= 0.6 is 0 Å². The Labute approximate surface area is 124 Å². The van der Waals surface area contributed by atoms with Gasteiger partial charge in [-0.05, 0) is 17.7 Å². The normalized spacial score (nSPS) is 13.6. The van der Waals surface area contributed by atoms with Crippen molar-refractivity contribution >= 4 is 5.78 Å². The molecule has 2 heteroatoms. The van der Waals surface area contributed by atoms with Crippen LogP contribution in [0.15, 0.2) is 72.8 Å². The average Bonchev–Trinajstić information content (AvgIpc) is 3.08. The molecule has 3 rings (SSSR count). The number of hydrogen-bond acceptors (Lipinski definition) is 2. The van der Waals surface area contributed by atoms with Crippen molar-refractivity contribution in [3.8, 4) is 5.75 Å². The van der Waals surface area contributed by atoms with E-state index in [1.54, 1.807) is 7.11 Å². The predicted octanol–water partition coefficient (Wildman–Crippen LogP) is 4.14. The number of allylic oxidation sites excluding steroid dienone is 4. The molecule has 0 unspecified atom stereocenters. The summed E-state index contributed by atoms with van der Waals surface area (Å²) >= 11 is 0. The molecule has 21 heavy (non-hydrogen) atoms. The van der Waals surface area contributed by atoms with Gasteiger partial charge in [-0.3, -0.25) is 4.79 Å². The molecule has 0 atom stereocenters. The largest absolute Gasteiger partial charge is 0.497 e. The van der Waals surface area contributed by atoms with E-state index in [0.717, 1.165) is 5.56 Å². The first kappa shape index (κ1) is 13.4. The van der Waals surface area contributed by atoms with Crippen LogP contribution < -0.4 is 4.74 Å². The van der Waals surface area contributed by atoms with Crippen molar-refractivity contribution in [2.24, 2.45) is 0 Å². The van der Waals surface area contributed by atoms with Crippen LogP contribution in [0.2, 0.25) is 0 Å². The van der Waals surface area contributed by atoms with E-state index >= 15 is 0 Å². The van der Waals surface area contributed by atoms with Gasteiger partial charge in [-0.15, -0.1) is 0 Å². The molecule has 1 aliphatic carbocycles. The lowest BCUT2D eigenvalue weighted by molar-refractivity contribution is 0.103. The maximum absolute atomic E-state index is 12.8. The summed E-state index contributed by atoms with van der Waals surface area (Å²) in [5.41, 5.74) is 2.40. The minimum absolute atomic E-state index is 0.0261. The number of carbonyl (C=O) groups excluding carboxylic acids is 1. The number of carbonyl (C=O) groups is 1. The summed E-state index contributed by atoms with van der Waals surface area (Å²) in [6.45, 7) is 0. The zero-order valence-electron chi connectivity index (χ0n) is 11.8. The molecule has 0 fully saturated rings. The topological polar surface area (TPSA) is 26.3 Å². The smallest absolute Gasteiger partial charge is 0.193 e. The van der Waals surface area contributed by atoms with Crippen molar-refractivity contribution in [2.75, 3.05) is 7.11 Å². The summed E-state index contributed by atoms with van der Waals surface area (Å²) < 4.78 is 5.27. The Bertz CT molecular complexity index is 700. The Hall–Kier alpha value is -2.61. The van der Waals surface area contributed by atoms with Crippen LogP contribution in [-0.2, 0) is 0 Å². The van der Waals surface area contributed by atoms with Crippen LogP contribution in [0.5, 0.6) is 5.75 Å². The first-order valence-electron chi connectivity index (χ1n) is 6.92. The average molecular weight is 276 g/mol. The molecule has 0 heterocycles. The van der Waals surface area contributed by atoms with Crippen LogP contribution in [0.3, 0.4) is 0 Å². The molecule has 1 aliphatic rings. The van der Waals surface area contributed by atoms with Gasteiger partial charge < -0.3 is 4.74 Å². The summed E-state index contributed by atoms with van der Waals surface area (Å²) in [7, 11) is 1.61. The van der Waals surface area contributed by atoms with E-state index in [1.807, 2.05) is 60.7 Å². The van der Waals surface area contributed by atoms with Crippen LogP contribution in [0.25, 0.3) is 0 Å². The van der Waals surface area contributed by atoms with E-state index in [4.69, 9.17) is 4.74 Å². The van der Waals surface area contributed by atoms with Gasteiger partial charge in [0.15, 0.2) is 5.78 Å². The molecular formula is C19H16O2. The third-order valence-electron chi connectivity index (χ3n) is 3.65. The summed E-state index contributed by atoms with van der Waals surface area (Å²) in [6, 6.07) is 15.0. The van der Waals surface area contributed by atoms with E-state index < -0.39 is 0 Å². The molecule has 104 valence electrons. The van der Waals surface area contributed by atoms with Crippen molar-refractivity contribution in [1.82, 2.24) is 0 Å². The number of benzene rings is 2. The fourth-order valence-corrected chi connectivity index (χ4v) is 2.53. The number of rotatable bonds is 4. The lowest BCUT2D eigenvalue weighted by Gasteiger charge is -2.14. The van der Waals surface area contributed by atoms with Crippen LogP contribution in [0.4, 0.5) is 0 Å². The van der Waals surface area contributed by atoms with E-state index in [0.29, 0.717) is 16.9 Å². The van der Waals surface area contributed by atoms with Gasteiger partial charge in [-0.1, -0.05) is 60.7 Å². The number of ketones is 1. The van der Waals surface area contributed by atoms with Crippen molar-refractivity contribution in [3.05, 3.63) is 89.5 Å². The van der Waals surface area contributed by atoms with Gasteiger partial charge in [-0.2, -0.15) is 0 Å². The SMILES string of the molecule is COc1ccc(C2C=CC=C2)c(C(=O)c2ccccc2)c1. The van der Waals surface area contributed by atoms with Crippen molar-refractivity contribution < 1.29 is 9.53 Å². The molecule has 0 aromatic heterocycles. The number of ether oxygens (including phenoxy) is 1. The Morgan fingerprint density at radius 2 is 1.71 bits per heavy atom. The fraction of sp³-hybridized carbons (Fsp3) is 0.105. The Balaban J connectivity index is 2.08. The highest BCUT2D eigenvalue weighted by atomic mass is 16.5. The summed E-state index contributed by atoms with van der Waals surface area (Å²) in [5.74, 6) is 0.876. The molecule has 0 bridgehead atoms. The molecule has 0 amide bonds. The summed E-state index contributed by atoms with van der Waals surface area (Å²) in [5, 5.41) is 0. The van der Waals surface area contributed by atoms with Crippen molar-refractivity contribution in [2.45, 2.75) is 5.92 Å². The second-order valence-corrected chi connectivity index (χ2v) is 4.94. The lowest BCUT2D eigenvalue weighted by atomic mass is 9.90. The highest BCUT2D eigenvalue weighted by molar-refractivity contribution is 6.10. The molecule has 2 aromatic rings. The van der Waals surface area contributed by atoms with E-state index in [-0.39, 0.29) is 11.7 Å². The van der Waals surface area contributed by atoms with Gasteiger partial charge in [-0.25, -0.2) is 0 Å². The third-order valence-corrected chi connectivity index (χ3v) is 3.65. The predicted molar refractivity (Wildman–Crippen MR) is 83.9 cm³/mol. The standard InChI is InChI=1S/C19H16O2/c1-21-16-11-12-17(14-7-5-6-8-14)18(13-16)19(20)15-9-3-2-4-10-15/h2-14H,1H3. The van der Waals surface area contributed by atoms with Gasteiger partial charge >= 0.3 is 0 Å². The second-order valence-electron chi connectivity index (χ2n) is 4.94. The highest BCUT2D eigenvalue weighted by Crippen LogP contribution is 2.30. The van der Waals surface area contributed by atoms with Gasteiger partial charge in [0.25, 0.3) is 0 Å². The molecule has 2 aromatic carbocycles. The van der Waals surface area contributed by atoms with E-state index in [1.165, 1.54) is 0 Å². The fourth-order valence-electron chi connectivity index (χ4n) is 2.53. The summed E-state index contributed by atoms with van der Waals surface area (Å²) in [6.07, 6.45) is 8.19. The van der Waals surface area contributed by atoms with Crippen molar-refractivity contribution in [1.29, 1.82) is 0 Å². The first-order chi connectivity index (χ1) is 10.3. The molecule has 0 saturated heterocycles. The monoisotopic (exact) mass is 276 g/mol. The Morgan fingerprint density at radius 1 is 1.00 bits per heavy atom. The summed E-state index contributed by atoms with van der Waals surface area (Å²) in [4.78, 5) is 12.8. The molecule has 0 N–H and O–H groups in total. The van der Waals surface area contributed by atoms with Gasteiger partial charge in [0.2, 0.25) is 0 Å². The zero-order chi connectivity index (χ0) is 14.7. The van der Waals surface area contributed by atoms with Crippen LogP contribution in [0, 0.1) is 0 Å². The van der Waals surface area contributed by atoms with Crippen LogP contribution in [0.1, 0.15) is 27.4 Å². The zero-order valence-corrected chi connectivity index (χ0v) is 11.8. The molecule has 0 radical (unpaired) electrons. The molecule has 0 saturated carbocycles. The number of methoxy groups -OCH3 is 1. The quantitative estimate of drug-likeness (QED) is 0.785. The first-order valence-corrected chi connectivity index (χ1v) is 6.92. The minimum atomic E-state index is 0.0261. The highest BCUT2D eigenvalue weighted by Gasteiger charge is 2.19. The van der Waals surface area contributed by atoms with E-state index in [2.05, 4.69) is 12.2 Å². The Kier molecular flexibility index (Phi) is 3.69. The van der Waals surface area contributed by atoms with Gasteiger partial charge in [0.1, 0.15) is 5.75 Å². The number of hydrogen-bond donors (Lipinski definition) is 0. The maximum atomic E-state index is 12.8. The van der Waals surface area contributed by atoms with Gasteiger partial charge in [0, 0.05) is 17.0 Å². The van der Waals surface area contributed by atoms with E-state index in [9.17, 15) is 4.79 Å². The van der Waals surface area contributed by atoms with Crippen LogP contribution in [-0.4, -0.2) is 12.9 Å². The van der Waals surface area contributed by atoms with Gasteiger partial charge in [0.05, 0.1) is 7.11 Å². The lowest BCUT2D eigenvalue weighted by Crippen LogP contribution is -2.07. The molecule has 0 spiro atoms.